The Morgan fingerprint density at radius 3 is 2.81 bits per heavy atom. The molecule has 2 aromatic rings. The van der Waals surface area contributed by atoms with Crippen LogP contribution >= 0.6 is 11.6 Å². The quantitative estimate of drug-likeness (QED) is 0.640. The molecule has 110 valence electrons. The fourth-order valence-corrected chi connectivity index (χ4v) is 1.84. The largest absolute Gasteiger partial charge is 0.478 e. The van der Waals surface area contributed by atoms with Crippen LogP contribution in [0.15, 0.2) is 36.5 Å². The number of ether oxygens (including phenoxy) is 1. The van der Waals surface area contributed by atoms with E-state index in [1.54, 1.807) is 18.3 Å². The normalized spacial score (nSPS) is 10.2. The van der Waals surface area contributed by atoms with Crippen LogP contribution in [-0.2, 0) is 0 Å². The molecule has 0 saturated heterocycles. The summed E-state index contributed by atoms with van der Waals surface area (Å²) in [6, 6.07) is 7.78. The Kier molecular flexibility index (Phi) is 4.94. The number of nitrogens with zero attached hydrogens (tertiary/aromatic N) is 2. The van der Waals surface area contributed by atoms with E-state index in [0.29, 0.717) is 28.9 Å². The smallest absolute Gasteiger partial charge is 0.292 e. The van der Waals surface area contributed by atoms with Crippen molar-refractivity contribution >= 4 is 28.7 Å². The first kappa shape index (κ1) is 15.1. The lowest BCUT2D eigenvalue weighted by Gasteiger charge is -2.08. The number of nitrogens with one attached hydrogen (secondary N) is 1. The van der Waals surface area contributed by atoms with E-state index >= 15 is 0 Å². The first-order chi connectivity index (χ1) is 10.1. The minimum Gasteiger partial charge on any atom is -0.478 e. The number of halogens is 1. The summed E-state index contributed by atoms with van der Waals surface area (Å²) in [5, 5.41) is 14.3. The highest BCUT2D eigenvalue weighted by Crippen LogP contribution is 2.30. The van der Waals surface area contributed by atoms with Crippen LogP contribution in [0.5, 0.6) is 5.88 Å². The second-order valence-electron chi connectivity index (χ2n) is 4.28. The van der Waals surface area contributed by atoms with Crippen molar-refractivity contribution in [2.24, 2.45) is 0 Å². The van der Waals surface area contributed by atoms with Gasteiger partial charge in [-0.15, -0.1) is 0 Å². The lowest BCUT2D eigenvalue weighted by molar-refractivity contribution is -0.383. The number of aromatic nitrogens is 1. The lowest BCUT2D eigenvalue weighted by Crippen LogP contribution is -1.99. The molecular formula is C14H14ClN3O3. The van der Waals surface area contributed by atoms with Gasteiger partial charge in [0.1, 0.15) is 5.69 Å². The van der Waals surface area contributed by atoms with Crippen molar-refractivity contribution in [3.05, 3.63) is 51.7 Å². The third-order valence-electron chi connectivity index (χ3n) is 2.62. The molecule has 1 aromatic carbocycles. The zero-order valence-electron chi connectivity index (χ0n) is 11.4. The number of anilines is 2. The number of nitro benzene ring substituents is 1. The molecule has 6 nitrogen and oxygen atoms in total. The highest BCUT2D eigenvalue weighted by atomic mass is 35.5. The molecule has 0 bridgehead atoms. The van der Waals surface area contributed by atoms with E-state index in [-0.39, 0.29) is 5.69 Å². The third kappa shape index (κ3) is 4.06. The molecule has 7 heteroatoms. The number of hydrogen-bond acceptors (Lipinski definition) is 5. The molecule has 0 aliphatic carbocycles. The van der Waals surface area contributed by atoms with E-state index in [2.05, 4.69) is 10.3 Å². The molecule has 0 unspecified atom stereocenters. The molecule has 1 N–H and O–H groups in total. The Morgan fingerprint density at radius 2 is 2.19 bits per heavy atom. The monoisotopic (exact) mass is 307 g/mol. The van der Waals surface area contributed by atoms with Gasteiger partial charge in [0.25, 0.3) is 5.69 Å². The highest BCUT2D eigenvalue weighted by molar-refractivity contribution is 6.31. The number of nitro groups is 1. The molecule has 1 heterocycles. The topological polar surface area (TPSA) is 77.3 Å². The summed E-state index contributed by atoms with van der Waals surface area (Å²) in [4.78, 5) is 14.6. The lowest BCUT2D eigenvalue weighted by atomic mass is 10.2. The zero-order valence-corrected chi connectivity index (χ0v) is 12.1. The number of rotatable bonds is 6. The van der Waals surface area contributed by atoms with Crippen LogP contribution in [-0.4, -0.2) is 16.5 Å². The molecule has 0 aliphatic rings. The summed E-state index contributed by atoms with van der Waals surface area (Å²) in [5.74, 6) is 0.517. The summed E-state index contributed by atoms with van der Waals surface area (Å²) in [5.41, 5.74) is 0.881. The molecule has 0 radical (unpaired) electrons. The first-order valence-electron chi connectivity index (χ1n) is 6.40. The van der Waals surface area contributed by atoms with Gasteiger partial charge in [0, 0.05) is 17.2 Å². The van der Waals surface area contributed by atoms with Crippen molar-refractivity contribution in [2.75, 3.05) is 11.9 Å². The highest BCUT2D eigenvalue weighted by Gasteiger charge is 2.14. The maximum absolute atomic E-state index is 11.0. The molecule has 1 aromatic heterocycles. The van der Waals surface area contributed by atoms with E-state index in [1.165, 1.54) is 18.2 Å². The summed E-state index contributed by atoms with van der Waals surface area (Å²) < 4.78 is 5.37. The zero-order chi connectivity index (χ0) is 15.2. The Labute approximate surface area is 126 Å². The Bertz CT molecular complexity index is 632. The van der Waals surface area contributed by atoms with Crippen LogP contribution in [0.2, 0.25) is 5.02 Å². The Balaban J connectivity index is 2.18. The third-order valence-corrected chi connectivity index (χ3v) is 2.86. The van der Waals surface area contributed by atoms with Gasteiger partial charge in [-0.2, -0.15) is 0 Å². The molecule has 0 saturated carbocycles. The van der Waals surface area contributed by atoms with Crippen molar-refractivity contribution < 1.29 is 9.66 Å². The van der Waals surface area contributed by atoms with E-state index in [4.69, 9.17) is 16.3 Å². The van der Waals surface area contributed by atoms with E-state index in [0.717, 1.165) is 6.42 Å². The van der Waals surface area contributed by atoms with Crippen LogP contribution in [0.3, 0.4) is 0 Å². The number of hydrogen-bond donors (Lipinski definition) is 1. The van der Waals surface area contributed by atoms with Crippen molar-refractivity contribution in [2.45, 2.75) is 13.3 Å². The van der Waals surface area contributed by atoms with E-state index < -0.39 is 4.92 Å². The van der Waals surface area contributed by atoms with Crippen molar-refractivity contribution in [1.82, 2.24) is 4.98 Å². The summed E-state index contributed by atoms with van der Waals surface area (Å²) in [6.07, 6.45) is 2.45. The SMILES string of the molecule is CCCOc1ccc(Nc2cc(Cl)ccc2[N+](=O)[O-])cn1. The van der Waals surface area contributed by atoms with Gasteiger partial charge in [0.15, 0.2) is 0 Å². The van der Waals surface area contributed by atoms with Crippen LogP contribution in [0, 0.1) is 10.1 Å². The fraction of sp³-hybridized carbons (Fsp3) is 0.214. The average Bonchev–Trinajstić information content (AvgIpc) is 2.46. The van der Waals surface area contributed by atoms with Gasteiger partial charge >= 0.3 is 0 Å². The van der Waals surface area contributed by atoms with Crippen LogP contribution in [0.25, 0.3) is 0 Å². The first-order valence-corrected chi connectivity index (χ1v) is 6.77. The predicted octanol–water partition coefficient (Wildman–Crippen LogP) is 4.18. The average molecular weight is 308 g/mol. The van der Waals surface area contributed by atoms with E-state index in [1.807, 2.05) is 6.92 Å². The second-order valence-corrected chi connectivity index (χ2v) is 4.71. The van der Waals surface area contributed by atoms with Gasteiger partial charge in [0.2, 0.25) is 5.88 Å². The molecule has 21 heavy (non-hydrogen) atoms. The second kappa shape index (κ2) is 6.90. The number of benzene rings is 1. The van der Waals surface area contributed by atoms with Gasteiger partial charge in [-0.05, 0) is 24.6 Å². The Hall–Kier alpha value is -2.34. The van der Waals surface area contributed by atoms with Crippen LogP contribution in [0.1, 0.15) is 13.3 Å². The van der Waals surface area contributed by atoms with Gasteiger partial charge in [-0.1, -0.05) is 18.5 Å². The van der Waals surface area contributed by atoms with Crippen LogP contribution in [0.4, 0.5) is 17.1 Å². The van der Waals surface area contributed by atoms with Crippen molar-refractivity contribution in [1.29, 1.82) is 0 Å². The Morgan fingerprint density at radius 1 is 1.38 bits per heavy atom. The van der Waals surface area contributed by atoms with E-state index in [9.17, 15) is 10.1 Å². The minimum atomic E-state index is -0.467. The molecule has 0 amide bonds. The molecule has 0 atom stereocenters. The van der Waals surface area contributed by atoms with Gasteiger partial charge in [-0.25, -0.2) is 4.98 Å². The summed E-state index contributed by atoms with van der Waals surface area (Å²) in [6.45, 7) is 2.60. The molecule has 0 aliphatic heterocycles. The van der Waals surface area contributed by atoms with Crippen LogP contribution < -0.4 is 10.1 Å². The maximum atomic E-state index is 11.0. The van der Waals surface area contributed by atoms with Crippen molar-refractivity contribution in [3.63, 3.8) is 0 Å². The maximum Gasteiger partial charge on any atom is 0.292 e. The summed E-state index contributed by atoms with van der Waals surface area (Å²) in [7, 11) is 0. The van der Waals surface area contributed by atoms with Gasteiger partial charge < -0.3 is 10.1 Å². The van der Waals surface area contributed by atoms with Gasteiger partial charge in [0.05, 0.1) is 23.4 Å². The number of pyridine rings is 1. The molecule has 0 spiro atoms. The molecular weight excluding hydrogens is 294 g/mol. The summed E-state index contributed by atoms with van der Waals surface area (Å²) >= 11 is 5.87. The van der Waals surface area contributed by atoms with Crippen molar-refractivity contribution in [3.8, 4) is 5.88 Å². The van der Waals surface area contributed by atoms with Gasteiger partial charge in [-0.3, -0.25) is 10.1 Å². The minimum absolute atomic E-state index is 0.0503. The predicted molar refractivity (Wildman–Crippen MR) is 81.4 cm³/mol. The fourth-order valence-electron chi connectivity index (χ4n) is 1.67. The standard InChI is InChI=1S/C14H14ClN3O3/c1-2-7-21-14-6-4-11(9-16-14)17-12-8-10(15)3-5-13(12)18(19)20/h3-6,8-9,17H,2,7H2,1H3. The molecule has 2 rings (SSSR count). The molecule has 0 fully saturated rings.